The van der Waals surface area contributed by atoms with E-state index in [1.54, 1.807) is 0 Å². The molecule has 126 valence electrons. The van der Waals surface area contributed by atoms with Crippen molar-refractivity contribution in [1.82, 2.24) is 14.9 Å². The van der Waals surface area contributed by atoms with Crippen LogP contribution in [0.25, 0.3) is 10.9 Å². The van der Waals surface area contributed by atoms with Crippen LogP contribution in [0.15, 0.2) is 38.2 Å². The third kappa shape index (κ3) is 2.95. The number of anilines is 1. The van der Waals surface area contributed by atoms with Crippen LogP contribution in [0.2, 0.25) is 0 Å². The maximum absolute atomic E-state index is 12.3. The van der Waals surface area contributed by atoms with Gasteiger partial charge in [0.2, 0.25) is 5.09 Å². The first kappa shape index (κ1) is 16.7. The van der Waals surface area contributed by atoms with Crippen LogP contribution in [-0.4, -0.2) is 31.6 Å². The molecule has 2 aromatic heterocycles. The lowest BCUT2D eigenvalue weighted by Gasteiger charge is -2.02. The Labute approximate surface area is 145 Å². The van der Waals surface area contributed by atoms with E-state index in [-0.39, 0.29) is 10.9 Å². The van der Waals surface area contributed by atoms with Crippen LogP contribution >= 0.6 is 15.9 Å². The number of aromatic nitrogens is 2. The molecule has 3 aromatic rings. The van der Waals surface area contributed by atoms with Crippen molar-refractivity contribution in [3.05, 3.63) is 40.1 Å². The number of nitrogens with zero attached hydrogens (tertiary/aromatic N) is 1. The zero-order valence-corrected chi connectivity index (χ0v) is 15.1. The summed E-state index contributed by atoms with van der Waals surface area (Å²) in [7, 11) is -2.49. The molecule has 0 atom stereocenters. The number of furan rings is 1. The summed E-state index contributed by atoms with van der Waals surface area (Å²) in [5.74, 6) is -0.404. The second-order valence-corrected chi connectivity index (χ2v) is 7.69. The predicted octanol–water partition coefficient (Wildman–Crippen LogP) is 2.39. The van der Waals surface area contributed by atoms with Gasteiger partial charge in [-0.05, 0) is 59.7 Å². The topological polar surface area (TPSA) is 117 Å². The van der Waals surface area contributed by atoms with E-state index in [9.17, 15) is 13.2 Å². The maximum atomic E-state index is 12.3. The van der Waals surface area contributed by atoms with Crippen LogP contribution < -0.4 is 10.0 Å². The number of amides is 1. The summed E-state index contributed by atoms with van der Waals surface area (Å²) in [5, 5.41) is 9.91. The van der Waals surface area contributed by atoms with Crippen molar-refractivity contribution >= 4 is 48.6 Å². The molecule has 2 heterocycles. The van der Waals surface area contributed by atoms with Crippen molar-refractivity contribution in [1.29, 1.82) is 0 Å². The van der Waals surface area contributed by atoms with Gasteiger partial charge in [0.15, 0.2) is 11.6 Å². The van der Waals surface area contributed by atoms with E-state index in [1.165, 1.54) is 19.2 Å². The minimum atomic E-state index is -3.74. The Bertz CT molecular complexity index is 1040. The molecule has 24 heavy (non-hydrogen) atoms. The highest BCUT2D eigenvalue weighted by Crippen LogP contribution is 2.29. The molecule has 0 saturated carbocycles. The van der Waals surface area contributed by atoms with Gasteiger partial charge in [0.1, 0.15) is 0 Å². The second kappa shape index (κ2) is 6.04. The van der Waals surface area contributed by atoms with Gasteiger partial charge >= 0.3 is 0 Å². The molecular weight excluding hydrogens is 400 g/mol. The fraction of sp³-hybridized carbons (Fsp3) is 0.143. The third-order valence-corrected chi connectivity index (χ3v) is 5.25. The van der Waals surface area contributed by atoms with Crippen LogP contribution in [0, 0.1) is 6.92 Å². The number of carbonyl (C=O) groups is 1. The Kier molecular flexibility index (Phi) is 4.20. The van der Waals surface area contributed by atoms with E-state index < -0.39 is 15.9 Å². The molecule has 3 rings (SSSR count). The molecule has 3 N–H and O–H groups in total. The zero-order chi connectivity index (χ0) is 17.5. The molecule has 0 unspecified atom stereocenters. The average molecular weight is 413 g/mol. The SMILES string of the molecule is CNS(=O)(=O)c1ccc(C(=O)Nc2n[nH]c3c(Br)cc(C)cc23)o1. The Hall–Kier alpha value is -2.17. The number of aromatic amines is 1. The third-order valence-electron chi connectivity index (χ3n) is 3.34. The van der Waals surface area contributed by atoms with Crippen molar-refractivity contribution in [2.45, 2.75) is 12.0 Å². The van der Waals surface area contributed by atoms with Gasteiger partial charge in [-0.2, -0.15) is 5.10 Å². The number of benzene rings is 1. The Morgan fingerprint density at radius 2 is 2.08 bits per heavy atom. The Morgan fingerprint density at radius 3 is 2.79 bits per heavy atom. The van der Waals surface area contributed by atoms with E-state index in [4.69, 9.17) is 4.42 Å². The highest BCUT2D eigenvalue weighted by atomic mass is 79.9. The van der Waals surface area contributed by atoms with E-state index in [1.807, 2.05) is 19.1 Å². The Balaban J connectivity index is 1.91. The average Bonchev–Trinajstić information content (AvgIpc) is 3.15. The number of fused-ring (bicyclic) bond motifs is 1. The number of rotatable bonds is 4. The zero-order valence-electron chi connectivity index (χ0n) is 12.7. The van der Waals surface area contributed by atoms with E-state index in [0.29, 0.717) is 5.82 Å². The van der Waals surface area contributed by atoms with Crippen molar-refractivity contribution in [3.63, 3.8) is 0 Å². The van der Waals surface area contributed by atoms with E-state index in [0.717, 1.165) is 20.9 Å². The van der Waals surface area contributed by atoms with Crippen molar-refractivity contribution in [3.8, 4) is 0 Å². The Morgan fingerprint density at radius 1 is 1.33 bits per heavy atom. The molecule has 10 heteroatoms. The molecule has 0 saturated heterocycles. The van der Waals surface area contributed by atoms with Crippen LogP contribution in [-0.2, 0) is 10.0 Å². The number of halogens is 1. The largest absolute Gasteiger partial charge is 0.438 e. The molecule has 0 fully saturated rings. The van der Waals surface area contributed by atoms with E-state index >= 15 is 0 Å². The van der Waals surface area contributed by atoms with Gasteiger partial charge in [-0.25, -0.2) is 13.1 Å². The number of sulfonamides is 1. The molecule has 0 spiro atoms. The minimum absolute atomic E-state index is 0.133. The maximum Gasteiger partial charge on any atom is 0.292 e. The fourth-order valence-corrected chi connectivity index (χ4v) is 3.48. The quantitative estimate of drug-likeness (QED) is 0.607. The van der Waals surface area contributed by atoms with Crippen LogP contribution in [0.4, 0.5) is 5.82 Å². The summed E-state index contributed by atoms with van der Waals surface area (Å²) in [6.45, 7) is 1.92. The monoisotopic (exact) mass is 412 g/mol. The highest BCUT2D eigenvalue weighted by molar-refractivity contribution is 9.10. The standard InChI is InChI=1S/C14H13BrN4O4S/c1-7-5-8-12(9(15)6-7)18-19-13(8)17-14(20)10-3-4-11(23-10)24(21,22)16-2/h3-6,16H,1-2H3,(H2,17,18,19,20). The van der Waals surface area contributed by atoms with Gasteiger partial charge in [0.05, 0.1) is 5.52 Å². The summed E-state index contributed by atoms with van der Waals surface area (Å²) in [6, 6.07) is 6.30. The summed E-state index contributed by atoms with van der Waals surface area (Å²) in [4.78, 5) is 12.3. The highest BCUT2D eigenvalue weighted by Gasteiger charge is 2.21. The molecule has 0 aliphatic carbocycles. The van der Waals surface area contributed by atoms with Gasteiger partial charge in [-0.15, -0.1) is 0 Å². The van der Waals surface area contributed by atoms with Crippen LogP contribution in [0.5, 0.6) is 0 Å². The summed E-state index contributed by atoms with van der Waals surface area (Å²) >= 11 is 3.43. The van der Waals surface area contributed by atoms with Crippen LogP contribution in [0.3, 0.4) is 0 Å². The number of hydrogen-bond acceptors (Lipinski definition) is 5. The van der Waals surface area contributed by atoms with Crippen molar-refractivity contribution in [2.24, 2.45) is 0 Å². The number of hydrogen-bond donors (Lipinski definition) is 3. The summed E-state index contributed by atoms with van der Waals surface area (Å²) in [6.07, 6.45) is 0. The smallest absolute Gasteiger partial charge is 0.292 e. The molecule has 1 aromatic carbocycles. The van der Waals surface area contributed by atoms with Gasteiger partial charge in [0.25, 0.3) is 15.9 Å². The molecule has 0 bridgehead atoms. The van der Waals surface area contributed by atoms with Gasteiger partial charge in [-0.1, -0.05) is 0 Å². The number of carbonyl (C=O) groups excluding carboxylic acids is 1. The second-order valence-electron chi connectivity index (χ2n) is 5.02. The molecule has 0 radical (unpaired) electrons. The van der Waals surface area contributed by atoms with Crippen LogP contribution in [0.1, 0.15) is 16.1 Å². The predicted molar refractivity (Wildman–Crippen MR) is 91.4 cm³/mol. The van der Waals surface area contributed by atoms with Gasteiger partial charge in [-0.3, -0.25) is 9.89 Å². The fourth-order valence-electron chi connectivity index (χ4n) is 2.17. The number of nitrogens with one attached hydrogen (secondary N) is 3. The molecule has 0 aliphatic heterocycles. The van der Waals surface area contributed by atoms with Crippen molar-refractivity contribution in [2.75, 3.05) is 12.4 Å². The summed E-state index contributed by atoms with van der Waals surface area (Å²) in [5.41, 5.74) is 1.74. The molecule has 1 amide bonds. The minimum Gasteiger partial charge on any atom is -0.438 e. The van der Waals surface area contributed by atoms with Gasteiger partial charge in [0, 0.05) is 9.86 Å². The van der Waals surface area contributed by atoms with Gasteiger partial charge < -0.3 is 9.73 Å². The summed E-state index contributed by atoms with van der Waals surface area (Å²) < 4.78 is 31.3. The lowest BCUT2D eigenvalue weighted by Crippen LogP contribution is -2.18. The molecule has 8 nitrogen and oxygen atoms in total. The van der Waals surface area contributed by atoms with E-state index in [2.05, 4.69) is 36.2 Å². The first-order chi connectivity index (χ1) is 11.3. The van der Waals surface area contributed by atoms with Crippen molar-refractivity contribution < 1.29 is 17.6 Å². The first-order valence-corrected chi connectivity index (χ1v) is 9.08. The number of H-pyrrole nitrogens is 1. The molecule has 0 aliphatic rings. The number of aryl methyl sites for hydroxylation is 1. The lowest BCUT2D eigenvalue weighted by molar-refractivity contribution is 0.0991. The normalized spacial score (nSPS) is 11.8. The lowest BCUT2D eigenvalue weighted by atomic mass is 10.2. The first-order valence-electron chi connectivity index (χ1n) is 6.81. The molecular formula is C14H13BrN4O4S.